The third-order valence-electron chi connectivity index (χ3n) is 2.71. The maximum absolute atomic E-state index is 11.0. The van der Waals surface area contributed by atoms with E-state index in [1.807, 2.05) is 16.8 Å². The monoisotopic (exact) mass is 289 g/mol. The summed E-state index contributed by atoms with van der Waals surface area (Å²) in [6.07, 6.45) is 7.71. The molecule has 0 radical (unpaired) electrons. The van der Waals surface area contributed by atoms with Crippen molar-refractivity contribution in [3.05, 3.63) is 54.6 Å². The smallest absolute Gasteiger partial charge is 0.296 e. The normalized spacial score (nSPS) is 10.8. The Bertz CT molecular complexity index is 608. The Morgan fingerprint density at radius 2 is 2.10 bits per heavy atom. The van der Waals surface area contributed by atoms with Crippen LogP contribution >= 0.6 is 0 Å². The van der Waals surface area contributed by atoms with Gasteiger partial charge in [-0.2, -0.15) is 0 Å². The number of hydroxylamine groups is 2. The number of rotatable bonds is 6. The Labute approximate surface area is 121 Å². The van der Waals surface area contributed by atoms with Gasteiger partial charge in [-0.1, -0.05) is 5.23 Å². The second kappa shape index (κ2) is 7.22. The largest absolute Gasteiger partial charge is 0.492 e. The van der Waals surface area contributed by atoms with Crippen LogP contribution < -0.4 is 4.74 Å². The van der Waals surface area contributed by atoms with Crippen LogP contribution in [0.3, 0.4) is 0 Å². The number of aromatic nitrogens is 2. The van der Waals surface area contributed by atoms with Crippen molar-refractivity contribution in [2.75, 3.05) is 6.61 Å². The standard InChI is InChI=1S/C14H15N3O4/c18-14(17(19)20)4-3-12-2-1-9-16(12)10-11-21-13-5-7-15-8-6-13/h1-9,19-20H,10-11H2/b4-3+. The van der Waals surface area contributed by atoms with Crippen LogP contribution in [-0.2, 0) is 11.3 Å². The molecular weight excluding hydrogens is 274 g/mol. The van der Waals surface area contributed by atoms with E-state index in [0.29, 0.717) is 13.2 Å². The molecule has 0 atom stereocenters. The van der Waals surface area contributed by atoms with E-state index in [1.165, 1.54) is 6.08 Å². The number of ether oxygens (including phenoxy) is 1. The highest BCUT2D eigenvalue weighted by Gasteiger charge is 2.03. The van der Waals surface area contributed by atoms with Crippen LogP contribution in [-0.4, -0.2) is 37.7 Å². The van der Waals surface area contributed by atoms with Crippen molar-refractivity contribution in [1.82, 2.24) is 14.8 Å². The number of hydrogen-bond donors (Lipinski definition) is 2. The molecule has 7 nitrogen and oxygen atoms in total. The highest BCUT2D eigenvalue weighted by Crippen LogP contribution is 2.08. The number of hydrogen-bond acceptors (Lipinski definition) is 5. The summed E-state index contributed by atoms with van der Waals surface area (Å²) in [4.78, 5) is 14.9. The van der Waals surface area contributed by atoms with E-state index in [2.05, 4.69) is 4.98 Å². The average Bonchev–Trinajstić information content (AvgIpc) is 2.93. The fourth-order valence-electron chi connectivity index (χ4n) is 1.70. The summed E-state index contributed by atoms with van der Waals surface area (Å²) in [7, 11) is 0. The van der Waals surface area contributed by atoms with Gasteiger partial charge in [0, 0.05) is 30.4 Å². The minimum absolute atomic E-state index is 0.458. The molecule has 2 aromatic heterocycles. The molecule has 2 aromatic rings. The minimum atomic E-state index is -0.921. The lowest BCUT2D eigenvalue weighted by Crippen LogP contribution is -2.20. The van der Waals surface area contributed by atoms with Crippen molar-refractivity contribution in [3.63, 3.8) is 0 Å². The Morgan fingerprint density at radius 1 is 1.33 bits per heavy atom. The molecular formula is C14H15N3O4. The van der Waals surface area contributed by atoms with E-state index < -0.39 is 11.1 Å². The van der Waals surface area contributed by atoms with Gasteiger partial charge < -0.3 is 9.30 Å². The number of carbonyl (C=O) groups excluding carboxylic acids is 1. The zero-order chi connectivity index (χ0) is 15.1. The molecule has 1 amide bonds. The molecule has 0 aliphatic rings. The first-order valence-electron chi connectivity index (χ1n) is 6.25. The number of amides is 1. The summed E-state index contributed by atoms with van der Waals surface area (Å²) < 4.78 is 7.44. The Balaban J connectivity index is 1.90. The van der Waals surface area contributed by atoms with E-state index in [4.69, 9.17) is 15.2 Å². The van der Waals surface area contributed by atoms with Gasteiger partial charge in [-0.3, -0.25) is 20.2 Å². The molecule has 0 unspecified atom stereocenters. The van der Waals surface area contributed by atoms with Crippen molar-refractivity contribution < 1.29 is 19.9 Å². The van der Waals surface area contributed by atoms with Crippen LogP contribution in [0.2, 0.25) is 0 Å². The van der Waals surface area contributed by atoms with E-state index in [9.17, 15) is 4.79 Å². The third-order valence-corrected chi connectivity index (χ3v) is 2.71. The first-order valence-corrected chi connectivity index (χ1v) is 6.25. The SMILES string of the molecule is O=C(/C=C/c1cccn1CCOc1ccncc1)N(O)O. The van der Waals surface area contributed by atoms with Gasteiger partial charge in [-0.15, -0.1) is 0 Å². The second-order valence-corrected chi connectivity index (χ2v) is 4.12. The molecule has 0 spiro atoms. The summed E-state index contributed by atoms with van der Waals surface area (Å²) in [6.45, 7) is 1.05. The van der Waals surface area contributed by atoms with Gasteiger partial charge in [-0.25, -0.2) is 0 Å². The Kier molecular flexibility index (Phi) is 5.08. The Morgan fingerprint density at radius 3 is 2.81 bits per heavy atom. The third kappa shape index (κ3) is 4.44. The quantitative estimate of drug-likeness (QED) is 0.479. The van der Waals surface area contributed by atoms with Crippen molar-refractivity contribution in [2.45, 2.75) is 6.54 Å². The van der Waals surface area contributed by atoms with E-state index in [1.54, 1.807) is 30.6 Å². The molecule has 2 rings (SSSR count). The number of carbonyl (C=O) groups is 1. The molecule has 2 N–H and O–H groups in total. The van der Waals surface area contributed by atoms with Crippen molar-refractivity contribution >= 4 is 12.0 Å². The maximum Gasteiger partial charge on any atom is 0.296 e. The fourth-order valence-corrected chi connectivity index (χ4v) is 1.70. The van der Waals surface area contributed by atoms with Gasteiger partial charge in [-0.05, 0) is 30.3 Å². The van der Waals surface area contributed by atoms with Gasteiger partial charge in [0.05, 0.1) is 6.54 Å². The van der Waals surface area contributed by atoms with Crippen LogP contribution in [0.15, 0.2) is 48.9 Å². The molecule has 110 valence electrons. The first kappa shape index (κ1) is 14.8. The summed E-state index contributed by atoms with van der Waals surface area (Å²) in [6, 6.07) is 7.17. The van der Waals surface area contributed by atoms with Crippen molar-refractivity contribution in [1.29, 1.82) is 0 Å². The van der Waals surface area contributed by atoms with E-state index in [0.717, 1.165) is 17.5 Å². The first-order chi connectivity index (χ1) is 10.2. The van der Waals surface area contributed by atoms with Crippen molar-refractivity contribution in [3.8, 4) is 5.75 Å². The molecule has 2 heterocycles. The highest BCUT2D eigenvalue weighted by molar-refractivity contribution is 5.89. The lowest BCUT2D eigenvalue weighted by Gasteiger charge is -2.08. The molecule has 0 aliphatic carbocycles. The molecule has 0 bridgehead atoms. The molecule has 0 saturated heterocycles. The Hall–Kier alpha value is -2.64. The number of nitrogens with zero attached hydrogens (tertiary/aromatic N) is 3. The topological polar surface area (TPSA) is 87.8 Å². The predicted molar refractivity (Wildman–Crippen MR) is 73.6 cm³/mol. The van der Waals surface area contributed by atoms with Gasteiger partial charge >= 0.3 is 0 Å². The maximum atomic E-state index is 11.0. The summed E-state index contributed by atoms with van der Waals surface area (Å²) in [5.74, 6) is -0.184. The van der Waals surface area contributed by atoms with Gasteiger partial charge in [0.15, 0.2) is 0 Å². The van der Waals surface area contributed by atoms with E-state index in [-0.39, 0.29) is 0 Å². The van der Waals surface area contributed by atoms with Crippen LogP contribution in [0.1, 0.15) is 5.69 Å². The summed E-state index contributed by atoms with van der Waals surface area (Å²) in [5.41, 5.74) is 0.753. The van der Waals surface area contributed by atoms with Crippen LogP contribution in [0, 0.1) is 0 Å². The lowest BCUT2D eigenvalue weighted by molar-refractivity contribution is -0.280. The molecule has 7 heteroatoms. The molecule has 0 aromatic carbocycles. The average molecular weight is 289 g/mol. The summed E-state index contributed by atoms with van der Waals surface area (Å²) >= 11 is 0. The molecule has 21 heavy (non-hydrogen) atoms. The van der Waals surface area contributed by atoms with E-state index >= 15 is 0 Å². The van der Waals surface area contributed by atoms with Gasteiger partial charge in [0.25, 0.3) is 5.91 Å². The van der Waals surface area contributed by atoms with Crippen molar-refractivity contribution in [2.24, 2.45) is 0 Å². The predicted octanol–water partition coefficient (Wildman–Crippen LogP) is 1.58. The van der Waals surface area contributed by atoms with Crippen LogP contribution in [0.5, 0.6) is 5.75 Å². The number of pyridine rings is 1. The van der Waals surface area contributed by atoms with Crippen LogP contribution in [0.25, 0.3) is 6.08 Å². The second-order valence-electron chi connectivity index (χ2n) is 4.12. The fraction of sp³-hybridized carbons (Fsp3) is 0.143. The highest BCUT2D eigenvalue weighted by atomic mass is 16.8. The van der Waals surface area contributed by atoms with Gasteiger partial charge in [0.1, 0.15) is 12.4 Å². The zero-order valence-electron chi connectivity index (χ0n) is 11.2. The van der Waals surface area contributed by atoms with Crippen LogP contribution in [0.4, 0.5) is 0 Å². The lowest BCUT2D eigenvalue weighted by atomic mass is 10.3. The summed E-state index contributed by atoms with van der Waals surface area (Å²) in [5, 5.41) is 16.6. The molecule has 0 saturated carbocycles. The zero-order valence-corrected chi connectivity index (χ0v) is 11.2. The molecule has 0 aliphatic heterocycles. The molecule has 0 fully saturated rings. The van der Waals surface area contributed by atoms with Gasteiger partial charge in [0.2, 0.25) is 0 Å². The minimum Gasteiger partial charge on any atom is -0.492 e.